The largest absolute Gasteiger partial charge is 0.399 e. The fourth-order valence-electron chi connectivity index (χ4n) is 1.85. The maximum atomic E-state index is 13.3. The third-order valence-electron chi connectivity index (χ3n) is 2.96. The number of nitrogen functional groups attached to an aromatic ring is 1. The van der Waals surface area contributed by atoms with E-state index in [2.05, 4.69) is 0 Å². The Kier molecular flexibility index (Phi) is 4.32. The molecule has 110 valence electrons. The van der Waals surface area contributed by atoms with E-state index in [1.807, 2.05) is 0 Å². The first-order valence-corrected chi connectivity index (χ1v) is 7.37. The molecule has 0 bridgehead atoms. The minimum atomic E-state index is -1.43. The molecule has 0 heterocycles. The van der Waals surface area contributed by atoms with Crippen molar-refractivity contribution in [1.29, 1.82) is 0 Å². The number of hydrogen-bond acceptors (Lipinski definition) is 4. The van der Waals surface area contributed by atoms with Crippen LogP contribution in [0.2, 0.25) is 0 Å². The van der Waals surface area contributed by atoms with Gasteiger partial charge < -0.3 is 5.73 Å². The van der Waals surface area contributed by atoms with Gasteiger partial charge in [-0.1, -0.05) is 0 Å². The van der Waals surface area contributed by atoms with Gasteiger partial charge in [-0.05, 0) is 42.3 Å². The summed E-state index contributed by atoms with van der Waals surface area (Å²) in [6.45, 7) is 1.79. The Morgan fingerprint density at radius 1 is 1.29 bits per heavy atom. The molecular weight excluding hydrogens is 295 g/mol. The van der Waals surface area contributed by atoms with E-state index in [-0.39, 0.29) is 11.4 Å². The molecule has 0 saturated carbocycles. The fraction of sp³-hybridized carbons (Fsp3) is 0.143. The van der Waals surface area contributed by atoms with Crippen molar-refractivity contribution in [3.63, 3.8) is 0 Å². The van der Waals surface area contributed by atoms with Crippen LogP contribution in [-0.4, -0.2) is 9.13 Å². The molecule has 5 nitrogen and oxygen atoms in total. The molecule has 0 spiro atoms. The topological polar surface area (TPSA) is 86.2 Å². The van der Waals surface area contributed by atoms with Crippen molar-refractivity contribution in [2.45, 2.75) is 17.6 Å². The van der Waals surface area contributed by atoms with Crippen molar-refractivity contribution < 1.29 is 13.5 Å². The molecule has 0 radical (unpaired) electrons. The average Bonchev–Trinajstić information content (AvgIpc) is 2.41. The SMILES string of the molecule is Cc1cc(S(=O)Cc2cc(F)cc([N+](=O)[O-])c2)ccc1N. The first-order valence-electron chi connectivity index (χ1n) is 6.05. The maximum absolute atomic E-state index is 13.3. The van der Waals surface area contributed by atoms with Gasteiger partial charge in [-0.3, -0.25) is 14.3 Å². The van der Waals surface area contributed by atoms with E-state index >= 15 is 0 Å². The first-order chi connectivity index (χ1) is 9.86. The number of nitrogens with zero attached hydrogens (tertiary/aromatic N) is 1. The van der Waals surface area contributed by atoms with Gasteiger partial charge in [-0.25, -0.2) is 4.39 Å². The van der Waals surface area contributed by atoms with Crippen LogP contribution >= 0.6 is 0 Å². The summed E-state index contributed by atoms with van der Waals surface area (Å²) in [6.07, 6.45) is 0. The molecule has 1 atom stereocenters. The Balaban J connectivity index is 2.27. The van der Waals surface area contributed by atoms with Crippen LogP contribution < -0.4 is 5.73 Å². The summed E-state index contributed by atoms with van der Waals surface area (Å²) in [5.41, 5.74) is 7.05. The second-order valence-corrected chi connectivity index (χ2v) is 6.03. The molecule has 7 heteroatoms. The van der Waals surface area contributed by atoms with Gasteiger partial charge in [0.05, 0.1) is 27.5 Å². The lowest BCUT2D eigenvalue weighted by Crippen LogP contribution is -2.00. The normalized spacial score (nSPS) is 12.1. The molecule has 21 heavy (non-hydrogen) atoms. The van der Waals surface area contributed by atoms with Crippen LogP contribution in [0.5, 0.6) is 0 Å². The van der Waals surface area contributed by atoms with Crippen molar-refractivity contribution in [3.8, 4) is 0 Å². The average molecular weight is 308 g/mol. The zero-order chi connectivity index (χ0) is 15.6. The summed E-state index contributed by atoms with van der Waals surface area (Å²) in [4.78, 5) is 10.6. The number of nitro groups is 1. The highest BCUT2D eigenvalue weighted by Gasteiger charge is 2.13. The minimum Gasteiger partial charge on any atom is -0.399 e. The Bertz CT molecular complexity index is 734. The lowest BCUT2D eigenvalue weighted by molar-refractivity contribution is -0.385. The van der Waals surface area contributed by atoms with Gasteiger partial charge in [0, 0.05) is 16.6 Å². The Labute approximate surface area is 123 Å². The van der Waals surface area contributed by atoms with Crippen LogP contribution in [0.4, 0.5) is 15.8 Å². The summed E-state index contributed by atoms with van der Waals surface area (Å²) in [5, 5.41) is 10.7. The van der Waals surface area contributed by atoms with Gasteiger partial charge in [0.2, 0.25) is 0 Å². The number of halogens is 1. The Morgan fingerprint density at radius 3 is 2.62 bits per heavy atom. The lowest BCUT2D eigenvalue weighted by atomic mass is 10.2. The van der Waals surface area contributed by atoms with Crippen molar-refractivity contribution >= 4 is 22.2 Å². The van der Waals surface area contributed by atoms with E-state index < -0.39 is 21.5 Å². The highest BCUT2D eigenvalue weighted by atomic mass is 32.2. The van der Waals surface area contributed by atoms with Crippen LogP contribution in [0.3, 0.4) is 0 Å². The zero-order valence-electron chi connectivity index (χ0n) is 11.2. The van der Waals surface area contributed by atoms with Gasteiger partial charge in [-0.15, -0.1) is 0 Å². The summed E-state index contributed by atoms with van der Waals surface area (Å²) in [5.74, 6) is -0.716. The van der Waals surface area contributed by atoms with E-state index in [0.717, 1.165) is 17.7 Å². The van der Waals surface area contributed by atoms with E-state index in [4.69, 9.17) is 5.73 Å². The molecule has 1 unspecified atom stereocenters. The van der Waals surface area contributed by atoms with Crippen LogP contribution in [0.1, 0.15) is 11.1 Å². The van der Waals surface area contributed by atoms with Crippen molar-refractivity contribution in [3.05, 3.63) is 63.5 Å². The predicted octanol–water partition coefficient (Wildman–Crippen LogP) is 2.93. The van der Waals surface area contributed by atoms with Gasteiger partial charge in [0.15, 0.2) is 0 Å². The number of anilines is 1. The molecule has 0 aliphatic heterocycles. The molecule has 0 aromatic heterocycles. The van der Waals surface area contributed by atoms with Crippen LogP contribution in [0.25, 0.3) is 0 Å². The Morgan fingerprint density at radius 2 is 2.00 bits per heavy atom. The number of rotatable bonds is 4. The second kappa shape index (κ2) is 6.01. The maximum Gasteiger partial charge on any atom is 0.272 e. The van der Waals surface area contributed by atoms with Crippen LogP contribution in [0.15, 0.2) is 41.3 Å². The van der Waals surface area contributed by atoms with E-state index in [1.165, 1.54) is 6.07 Å². The summed E-state index contributed by atoms with van der Waals surface area (Å²) < 4.78 is 25.6. The van der Waals surface area contributed by atoms with E-state index in [1.54, 1.807) is 25.1 Å². The molecule has 2 rings (SSSR count). The van der Waals surface area contributed by atoms with Gasteiger partial charge >= 0.3 is 0 Å². The number of nitrogens with two attached hydrogens (primary N) is 1. The molecule has 0 fully saturated rings. The van der Waals surface area contributed by atoms with Gasteiger partial charge in [-0.2, -0.15) is 0 Å². The van der Waals surface area contributed by atoms with Gasteiger partial charge in [0.25, 0.3) is 5.69 Å². The van der Waals surface area contributed by atoms with E-state index in [0.29, 0.717) is 16.1 Å². The number of hydrogen-bond donors (Lipinski definition) is 1. The molecule has 0 aliphatic carbocycles. The Hall–Kier alpha value is -2.28. The number of nitro benzene ring substituents is 1. The predicted molar refractivity (Wildman–Crippen MR) is 78.8 cm³/mol. The lowest BCUT2D eigenvalue weighted by Gasteiger charge is -2.06. The molecule has 2 aromatic carbocycles. The van der Waals surface area contributed by atoms with Crippen LogP contribution in [-0.2, 0) is 16.6 Å². The number of aryl methyl sites for hydroxylation is 1. The summed E-state index contributed by atoms with van der Waals surface area (Å²) >= 11 is 0. The molecule has 2 aromatic rings. The van der Waals surface area contributed by atoms with Crippen LogP contribution in [0, 0.1) is 22.9 Å². The highest BCUT2D eigenvalue weighted by molar-refractivity contribution is 7.84. The molecule has 0 saturated heterocycles. The van der Waals surface area contributed by atoms with Crippen molar-refractivity contribution in [2.75, 3.05) is 5.73 Å². The third kappa shape index (κ3) is 3.63. The minimum absolute atomic E-state index is 0.00194. The quantitative estimate of drug-likeness (QED) is 0.534. The summed E-state index contributed by atoms with van der Waals surface area (Å²) in [6, 6.07) is 8.18. The monoisotopic (exact) mass is 308 g/mol. The highest BCUT2D eigenvalue weighted by Crippen LogP contribution is 2.21. The number of non-ortho nitro benzene ring substituents is 1. The van der Waals surface area contributed by atoms with Gasteiger partial charge in [0.1, 0.15) is 5.82 Å². The molecule has 2 N–H and O–H groups in total. The van der Waals surface area contributed by atoms with Crippen molar-refractivity contribution in [1.82, 2.24) is 0 Å². The summed E-state index contributed by atoms with van der Waals surface area (Å²) in [7, 11) is -1.43. The fourth-order valence-corrected chi connectivity index (χ4v) is 3.01. The molecule has 0 aliphatic rings. The smallest absolute Gasteiger partial charge is 0.272 e. The third-order valence-corrected chi connectivity index (χ3v) is 4.33. The first kappa shape index (κ1) is 15.1. The van der Waals surface area contributed by atoms with Crippen molar-refractivity contribution in [2.24, 2.45) is 0 Å². The second-order valence-electron chi connectivity index (χ2n) is 4.58. The standard InChI is InChI=1S/C14H13FN2O3S/c1-9-4-13(2-3-14(9)16)21(20)8-10-5-11(15)7-12(6-10)17(18)19/h2-7H,8,16H2,1H3. The van der Waals surface area contributed by atoms with E-state index in [9.17, 15) is 18.7 Å². The zero-order valence-corrected chi connectivity index (χ0v) is 12.0. The molecular formula is C14H13FN2O3S. The number of benzene rings is 2. The molecule has 0 amide bonds.